The number of amides is 2. The SMILES string of the molecule is CN(C1CC2(CCN(C(=O)[C@@H](Cc3c[nH]c4ccccc34)NC(=O)C(C)(C)N)CC2)c2ccccc21)S(C)(=O)=O.Cl. The first-order valence-electron chi connectivity index (χ1n) is 13.8. The lowest BCUT2D eigenvalue weighted by atomic mass is 9.73. The third kappa shape index (κ3) is 6.02. The number of rotatable bonds is 7. The first-order chi connectivity index (χ1) is 18.8. The summed E-state index contributed by atoms with van der Waals surface area (Å²) in [5.41, 5.74) is 8.89. The molecule has 5 rings (SSSR count). The second-order valence-corrected chi connectivity index (χ2v) is 14.0. The number of aromatic amines is 1. The number of fused-ring (bicyclic) bond motifs is 3. The van der Waals surface area contributed by atoms with Crippen molar-refractivity contribution in [2.45, 2.75) is 62.6 Å². The molecule has 1 fully saturated rings. The molecule has 3 aromatic rings. The number of nitrogens with two attached hydrogens (primary N) is 1. The highest BCUT2D eigenvalue weighted by Gasteiger charge is 2.48. The zero-order valence-electron chi connectivity index (χ0n) is 24.0. The fourth-order valence-corrected chi connectivity index (χ4v) is 6.98. The predicted octanol–water partition coefficient (Wildman–Crippen LogP) is 3.25. The minimum absolute atomic E-state index is 0. The molecule has 9 nitrogen and oxygen atoms in total. The number of benzene rings is 2. The van der Waals surface area contributed by atoms with Crippen molar-refractivity contribution >= 4 is 45.1 Å². The number of para-hydroxylation sites is 1. The van der Waals surface area contributed by atoms with Crippen LogP contribution in [0.2, 0.25) is 0 Å². The highest BCUT2D eigenvalue weighted by atomic mass is 35.5. The molecule has 2 amide bonds. The van der Waals surface area contributed by atoms with Crippen LogP contribution in [-0.2, 0) is 31.4 Å². The minimum Gasteiger partial charge on any atom is -0.361 e. The number of piperidine rings is 1. The van der Waals surface area contributed by atoms with E-state index in [1.165, 1.54) is 16.1 Å². The molecule has 2 aromatic carbocycles. The van der Waals surface area contributed by atoms with E-state index < -0.39 is 21.6 Å². The maximum Gasteiger partial charge on any atom is 0.245 e. The van der Waals surface area contributed by atoms with Crippen LogP contribution in [0.15, 0.2) is 54.7 Å². The van der Waals surface area contributed by atoms with Gasteiger partial charge in [-0.3, -0.25) is 9.59 Å². The van der Waals surface area contributed by atoms with Gasteiger partial charge >= 0.3 is 0 Å². The molecular formula is C30H40ClN5O4S. The number of likely N-dealkylation sites (tertiary alicyclic amines) is 1. The van der Waals surface area contributed by atoms with Crippen molar-refractivity contribution in [2.75, 3.05) is 26.4 Å². The fraction of sp³-hybridized carbons (Fsp3) is 0.467. The van der Waals surface area contributed by atoms with Gasteiger partial charge in [0.15, 0.2) is 0 Å². The largest absolute Gasteiger partial charge is 0.361 e. The molecule has 2 atom stereocenters. The van der Waals surface area contributed by atoms with Crippen molar-refractivity contribution in [1.29, 1.82) is 0 Å². The molecular weight excluding hydrogens is 562 g/mol. The second-order valence-electron chi connectivity index (χ2n) is 12.0. The van der Waals surface area contributed by atoms with Gasteiger partial charge in [-0.15, -0.1) is 12.4 Å². The van der Waals surface area contributed by atoms with Gasteiger partial charge in [-0.1, -0.05) is 42.5 Å². The Morgan fingerprint density at radius 2 is 1.78 bits per heavy atom. The van der Waals surface area contributed by atoms with Crippen molar-refractivity contribution in [3.05, 3.63) is 71.4 Å². The average molecular weight is 602 g/mol. The zero-order chi connectivity index (χ0) is 28.9. The number of carbonyl (C=O) groups is 2. The lowest BCUT2D eigenvalue weighted by molar-refractivity contribution is -0.138. The van der Waals surface area contributed by atoms with Gasteiger partial charge in [0.25, 0.3) is 0 Å². The third-order valence-electron chi connectivity index (χ3n) is 8.76. The smallest absolute Gasteiger partial charge is 0.245 e. The van der Waals surface area contributed by atoms with E-state index in [0.29, 0.717) is 25.9 Å². The Kier molecular flexibility index (Phi) is 8.62. The summed E-state index contributed by atoms with van der Waals surface area (Å²) in [6.07, 6.45) is 5.61. The number of nitrogens with zero attached hydrogens (tertiary/aromatic N) is 2. The van der Waals surface area contributed by atoms with E-state index in [2.05, 4.69) is 16.4 Å². The van der Waals surface area contributed by atoms with Crippen LogP contribution in [0.3, 0.4) is 0 Å². The number of hydrogen-bond donors (Lipinski definition) is 3. The van der Waals surface area contributed by atoms with Gasteiger partial charge in [0, 0.05) is 49.1 Å². The van der Waals surface area contributed by atoms with Crippen molar-refractivity contribution in [3.63, 3.8) is 0 Å². The van der Waals surface area contributed by atoms with E-state index in [1.54, 1.807) is 20.9 Å². The number of sulfonamides is 1. The highest BCUT2D eigenvalue weighted by Crippen LogP contribution is 2.52. The molecule has 1 aliphatic carbocycles. The molecule has 1 aromatic heterocycles. The van der Waals surface area contributed by atoms with Crippen LogP contribution in [0.5, 0.6) is 0 Å². The Hall–Kier alpha value is -2.92. The zero-order valence-corrected chi connectivity index (χ0v) is 25.6. The molecule has 0 radical (unpaired) electrons. The first kappa shape index (κ1) is 31.0. The van der Waals surface area contributed by atoms with Gasteiger partial charge in [0.1, 0.15) is 6.04 Å². The summed E-state index contributed by atoms with van der Waals surface area (Å²) in [5.74, 6) is -0.510. The van der Waals surface area contributed by atoms with Gasteiger partial charge in [-0.25, -0.2) is 8.42 Å². The van der Waals surface area contributed by atoms with Gasteiger partial charge in [0.2, 0.25) is 21.8 Å². The maximum atomic E-state index is 13.9. The Labute approximate surface area is 248 Å². The summed E-state index contributed by atoms with van der Waals surface area (Å²) < 4.78 is 26.3. The van der Waals surface area contributed by atoms with Crippen molar-refractivity contribution in [2.24, 2.45) is 5.73 Å². The van der Waals surface area contributed by atoms with Crippen LogP contribution in [-0.4, -0.2) is 72.4 Å². The molecule has 222 valence electrons. The average Bonchev–Trinajstić information content (AvgIpc) is 3.46. The fourth-order valence-electron chi connectivity index (χ4n) is 6.33. The topological polar surface area (TPSA) is 129 Å². The van der Waals surface area contributed by atoms with Gasteiger partial charge < -0.3 is 20.9 Å². The number of H-pyrrole nitrogens is 1. The molecule has 0 bridgehead atoms. The van der Waals surface area contributed by atoms with Crippen LogP contribution in [0.4, 0.5) is 0 Å². The molecule has 1 saturated heterocycles. The number of halogens is 1. The van der Waals surface area contributed by atoms with Crippen molar-refractivity contribution in [1.82, 2.24) is 19.5 Å². The van der Waals surface area contributed by atoms with E-state index in [0.717, 1.165) is 34.9 Å². The number of carbonyl (C=O) groups excluding carboxylic acids is 2. The maximum absolute atomic E-state index is 13.9. The van der Waals surface area contributed by atoms with Crippen LogP contribution in [0.1, 0.15) is 55.8 Å². The van der Waals surface area contributed by atoms with Crippen LogP contribution >= 0.6 is 12.4 Å². The molecule has 41 heavy (non-hydrogen) atoms. The quantitative estimate of drug-likeness (QED) is 0.383. The Balaban J connectivity index is 0.00000387. The van der Waals surface area contributed by atoms with E-state index >= 15 is 0 Å². The predicted molar refractivity (Wildman–Crippen MR) is 163 cm³/mol. The van der Waals surface area contributed by atoms with Crippen molar-refractivity contribution < 1.29 is 18.0 Å². The van der Waals surface area contributed by atoms with Gasteiger partial charge in [-0.2, -0.15) is 4.31 Å². The van der Waals surface area contributed by atoms with Crippen LogP contribution in [0.25, 0.3) is 10.9 Å². The molecule has 4 N–H and O–H groups in total. The van der Waals surface area contributed by atoms with Crippen LogP contribution in [0, 0.1) is 0 Å². The van der Waals surface area contributed by atoms with E-state index in [9.17, 15) is 18.0 Å². The molecule has 1 unspecified atom stereocenters. The second kappa shape index (κ2) is 11.4. The van der Waals surface area contributed by atoms with Gasteiger partial charge in [-0.05, 0) is 55.9 Å². The summed E-state index contributed by atoms with van der Waals surface area (Å²) in [4.78, 5) is 31.9. The van der Waals surface area contributed by atoms with Gasteiger partial charge in [0.05, 0.1) is 17.8 Å². The minimum atomic E-state index is -3.37. The molecule has 2 aliphatic rings. The molecule has 2 heterocycles. The number of hydrogen-bond acceptors (Lipinski definition) is 5. The summed E-state index contributed by atoms with van der Waals surface area (Å²) >= 11 is 0. The monoisotopic (exact) mass is 601 g/mol. The van der Waals surface area contributed by atoms with Crippen LogP contribution < -0.4 is 11.1 Å². The summed E-state index contributed by atoms with van der Waals surface area (Å²) in [6.45, 7) is 4.30. The standard InChI is InChI=1S/C30H39N5O4S.ClH/c1-29(2,31)28(37)33-25(17-20-19-32-24-12-8-6-9-21(20)24)27(36)35-15-13-30(14-16-35)18-26(34(3)40(4,38)39)22-10-5-7-11-23(22)30;/h5-12,19,25-26,32H,13-18,31H2,1-4H3,(H,33,37);1H/t25-,26?;/m1./s1. The highest BCUT2D eigenvalue weighted by molar-refractivity contribution is 7.88. The summed E-state index contributed by atoms with van der Waals surface area (Å²) in [6, 6.07) is 15.0. The first-order valence-corrected chi connectivity index (χ1v) is 15.6. The lowest BCUT2D eigenvalue weighted by Crippen LogP contribution is -2.58. The lowest BCUT2D eigenvalue weighted by Gasteiger charge is -2.42. The summed E-state index contributed by atoms with van der Waals surface area (Å²) in [7, 11) is -1.72. The Morgan fingerprint density at radius 3 is 2.44 bits per heavy atom. The normalized spacial score (nSPS) is 19.2. The number of nitrogens with one attached hydrogen (secondary N) is 2. The summed E-state index contributed by atoms with van der Waals surface area (Å²) in [5, 5.41) is 3.95. The van der Waals surface area contributed by atoms with Crippen molar-refractivity contribution in [3.8, 4) is 0 Å². The Morgan fingerprint density at radius 1 is 1.15 bits per heavy atom. The van der Waals surface area contributed by atoms with E-state index in [4.69, 9.17) is 5.73 Å². The molecule has 11 heteroatoms. The van der Waals surface area contributed by atoms with E-state index in [-0.39, 0.29) is 35.7 Å². The van der Waals surface area contributed by atoms with E-state index in [1.807, 2.05) is 53.6 Å². The molecule has 1 spiro atoms. The molecule has 1 aliphatic heterocycles. The number of aromatic nitrogens is 1. The Bertz CT molecular complexity index is 1540. The molecule has 0 saturated carbocycles. The third-order valence-corrected chi connectivity index (χ3v) is 10.1.